The number of ether oxygens (including phenoxy) is 2. The SMILES string of the molecule is CCOC(=O)[C@H]1C[C@H]2CN2C1(CO)C(=O)OC(C)(C)C. The van der Waals surface area contributed by atoms with Crippen LogP contribution in [0.5, 0.6) is 0 Å². The smallest absolute Gasteiger partial charge is 0.330 e. The number of hydrogen-bond acceptors (Lipinski definition) is 6. The lowest BCUT2D eigenvalue weighted by Gasteiger charge is -2.35. The van der Waals surface area contributed by atoms with Gasteiger partial charge in [-0.15, -0.1) is 0 Å². The molecule has 0 saturated carbocycles. The van der Waals surface area contributed by atoms with E-state index in [1.165, 1.54) is 0 Å². The van der Waals surface area contributed by atoms with Crippen LogP contribution in [0.15, 0.2) is 0 Å². The molecule has 2 rings (SSSR count). The zero-order chi connectivity index (χ0) is 15.1. The number of fused-ring (bicyclic) bond motifs is 1. The third-order valence-electron chi connectivity index (χ3n) is 3.88. The Morgan fingerprint density at radius 3 is 2.55 bits per heavy atom. The van der Waals surface area contributed by atoms with E-state index in [9.17, 15) is 14.7 Å². The van der Waals surface area contributed by atoms with Gasteiger partial charge in [-0.3, -0.25) is 9.69 Å². The molecule has 2 aliphatic rings. The van der Waals surface area contributed by atoms with E-state index in [1.54, 1.807) is 27.7 Å². The first-order valence-corrected chi connectivity index (χ1v) is 7.04. The van der Waals surface area contributed by atoms with Gasteiger partial charge >= 0.3 is 11.9 Å². The lowest BCUT2D eigenvalue weighted by molar-refractivity contribution is -0.177. The highest BCUT2D eigenvalue weighted by molar-refractivity contribution is 5.91. The Morgan fingerprint density at radius 1 is 1.40 bits per heavy atom. The van der Waals surface area contributed by atoms with Gasteiger partial charge in [0.1, 0.15) is 5.60 Å². The summed E-state index contributed by atoms with van der Waals surface area (Å²) in [7, 11) is 0. The molecule has 1 N–H and O–H groups in total. The van der Waals surface area contributed by atoms with Crippen molar-refractivity contribution in [3.63, 3.8) is 0 Å². The minimum Gasteiger partial charge on any atom is -0.466 e. The van der Waals surface area contributed by atoms with Crippen LogP contribution in [0, 0.1) is 5.92 Å². The van der Waals surface area contributed by atoms with E-state index in [2.05, 4.69) is 0 Å². The lowest BCUT2D eigenvalue weighted by Crippen LogP contribution is -2.57. The Bertz CT molecular complexity index is 416. The zero-order valence-electron chi connectivity index (χ0n) is 12.5. The van der Waals surface area contributed by atoms with Gasteiger partial charge in [-0.25, -0.2) is 4.79 Å². The molecule has 6 nitrogen and oxygen atoms in total. The zero-order valence-corrected chi connectivity index (χ0v) is 12.5. The monoisotopic (exact) mass is 285 g/mol. The molecule has 0 spiro atoms. The van der Waals surface area contributed by atoms with Crippen LogP contribution in [-0.2, 0) is 19.1 Å². The highest BCUT2D eigenvalue weighted by atomic mass is 16.6. The summed E-state index contributed by atoms with van der Waals surface area (Å²) in [6.07, 6.45) is 0.540. The van der Waals surface area contributed by atoms with Gasteiger partial charge in [-0.2, -0.15) is 0 Å². The molecule has 0 radical (unpaired) electrons. The second-order valence-corrected chi connectivity index (χ2v) is 6.43. The molecular weight excluding hydrogens is 262 g/mol. The first-order valence-electron chi connectivity index (χ1n) is 7.04. The van der Waals surface area contributed by atoms with Gasteiger partial charge < -0.3 is 14.6 Å². The topological polar surface area (TPSA) is 75.8 Å². The Morgan fingerprint density at radius 2 is 2.05 bits per heavy atom. The Kier molecular flexibility index (Phi) is 3.81. The van der Waals surface area contributed by atoms with Gasteiger partial charge in [0.25, 0.3) is 0 Å². The first-order chi connectivity index (χ1) is 9.26. The summed E-state index contributed by atoms with van der Waals surface area (Å²) in [6.45, 7) is 7.58. The number of carbonyl (C=O) groups excluding carboxylic acids is 2. The molecule has 2 heterocycles. The standard InChI is InChI=1S/C14H23NO5/c1-5-19-11(17)10-6-9-7-15(9)14(10,8-16)12(18)20-13(2,3)4/h9-10,16H,5-8H2,1-4H3/t9-,10+,14?,15?/m0/s1. The van der Waals surface area contributed by atoms with Crippen LogP contribution in [0.25, 0.3) is 0 Å². The van der Waals surface area contributed by atoms with Gasteiger partial charge in [0.15, 0.2) is 5.54 Å². The van der Waals surface area contributed by atoms with Crippen molar-refractivity contribution in [3.8, 4) is 0 Å². The molecule has 2 saturated heterocycles. The molecule has 6 heteroatoms. The molecule has 2 fully saturated rings. The number of carbonyl (C=O) groups is 2. The van der Waals surface area contributed by atoms with Crippen molar-refractivity contribution in [2.24, 2.45) is 5.92 Å². The summed E-state index contributed by atoms with van der Waals surface area (Å²) in [5.74, 6) is -1.62. The van der Waals surface area contributed by atoms with Crippen molar-refractivity contribution < 1.29 is 24.2 Å². The highest BCUT2D eigenvalue weighted by Gasteiger charge is 2.68. The molecule has 20 heavy (non-hydrogen) atoms. The Labute approximate surface area is 119 Å². The summed E-state index contributed by atoms with van der Waals surface area (Å²) in [6, 6.07) is 0.170. The van der Waals surface area contributed by atoms with Gasteiger partial charge in [0.2, 0.25) is 0 Å². The van der Waals surface area contributed by atoms with Crippen molar-refractivity contribution >= 4 is 11.9 Å². The largest absolute Gasteiger partial charge is 0.466 e. The molecule has 2 aliphatic heterocycles. The minimum absolute atomic E-state index is 0.170. The van der Waals surface area contributed by atoms with Gasteiger partial charge in [-0.1, -0.05) is 0 Å². The Balaban J connectivity index is 2.25. The van der Waals surface area contributed by atoms with Crippen LogP contribution in [0.4, 0.5) is 0 Å². The van der Waals surface area contributed by atoms with E-state index in [1.807, 2.05) is 4.90 Å². The molecule has 4 atom stereocenters. The molecule has 0 bridgehead atoms. The number of aliphatic hydroxyl groups is 1. The van der Waals surface area contributed by atoms with Crippen molar-refractivity contribution in [2.75, 3.05) is 19.8 Å². The number of rotatable bonds is 4. The third-order valence-corrected chi connectivity index (χ3v) is 3.88. The van der Waals surface area contributed by atoms with E-state index in [4.69, 9.17) is 9.47 Å². The maximum atomic E-state index is 12.5. The molecular formula is C14H23NO5. The van der Waals surface area contributed by atoms with Crippen molar-refractivity contribution in [1.29, 1.82) is 0 Å². The molecule has 0 aliphatic carbocycles. The van der Waals surface area contributed by atoms with Crippen LogP contribution in [0.2, 0.25) is 0 Å². The fourth-order valence-corrected chi connectivity index (χ4v) is 2.96. The van der Waals surface area contributed by atoms with Crippen LogP contribution >= 0.6 is 0 Å². The van der Waals surface area contributed by atoms with E-state index in [0.29, 0.717) is 6.42 Å². The fraction of sp³-hybridized carbons (Fsp3) is 0.857. The predicted octanol–water partition coefficient (Wildman–Crippen LogP) is 0.326. The third kappa shape index (κ3) is 2.42. The summed E-state index contributed by atoms with van der Waals surface area (Å²) in [5.41, 5.74) is -1.93. The van der Waals surface area contributed by atoms with Gasteiger partial charge in [0.05, 0.1) is 19.1 Å². The predicted molar refractivity (Wildman–Crippen MR) is 70.9 cm³/mol. The van der Waals surface area contributed by atoms with E-state index < -0.39 is 35.6 Å². The molecule has 0 aromatic carbocycles. The van der Waals surface area contributed by atoms with Crippen LogP contribution in [-0.4, -0.2) is 58.9 Å². The van der Waals surface area contributed by atoms with E-state index in [-0.39, 0.29) is 12.6 Å². The van der Waals surface area contributed by atoms with Gasteiger partial charge in [-0.05, 0) is 34.1 Å². The maximum absolute atomic E-state index is 12.5. The van der Waals surface area contributed by atoms with Gasteiger partial charge in [0, 0.05) is 12.6 Å². The Hall–Kier alpha value is -1.14. The molecule has 114 valence electrons. The normalized spacial score (nSPS) is 35.4. The summed E-state index contributed by atoms with van der Waals surface area (Å²) >= 11 is 0. The summed E-state index contributed by atoms with van der Waals surface area (Å²) in [5, 5.41) is 9.82. The second-order valence-electron chi connectivity index (χ2n) is 6.43. The number of aliphatic hydroxyl groups excluding tert-OH is 1. The highest BCUT2D eigenvalue weighted by Crippen LogP contribution is 2.49. The van der Waals surface area contributed by atoms with Crippen LogP contribution in [0.3, 0.4) is 0 Å². The second kappa shape index (κ2) is 5.00. The van der Waals surface area contributed by atoms with Crippen molar-refractivity contribution in [3.05, 3.63) is 0 Å². The average molecular weight is 285 g/mol. The molecule has 0 aromatic rings. The average Bonchev–Trinajstić information content (AvgIpc) is 3.01. The summed E-state index contributed by atoms with van der Waals surface area (Å²) < 4.78 is 10.5. The lowest BCUT2D eigenvalue weighted by atomic mass is 9.83. The quantitative estimate of drug-likeness (QED) is 0.592. The first kappa shape index (κ1) is 15.3. The van der Waals surface area contributed by atoms with E-state index in [0.717, 1.165) is 6.54 Å². The van der Waals surface area contributed by atoms with Crippen LogP contribution < -0.4 is 0 Å². The van der Waals surface area contributed by atoms with E-state index >= 15 is 0 Å². The number of nitrogens with zero attached hydrogens (tertiary/aromatic N) is 1. The van der Waals surface area contributed by atoms with Crippen molar-refractivity contribution in [1.82, 2.24) is 4.90 Å². The fourth-order valence-electron chi connectivity index (χ4n) is 2.96. The summed E-state index contributed by atoms with van der Waals surface area (Å²) in [4.78, 5) is 26.5. The number of esters is 2. The molecule has 0 amide bonds. The molecule has 2 unspecified atom stereocenters. The van der Waals surface area contributed by atoms with Crippen LogP contribution in [0.1, 0.15) is 34.1 Å². The minimum atomic E-state index is -1.27. The van der Waals surface area contributed by atoms with Crippen molar-refractivity contribution in [2.45, 2.75) is 51.3 Å². The molecule has 0 aromatic heterocycles. The number of piperidine rings is 1. The number of hydrogen-bond donors (Lipinski definition) is 1. The maximum Gasteiger partial charge on any atom is 0.330 e.